The number of anilines is 1. The monoisotopic (exact) mass is 632 g/mol. The number of fused-ring (bicyclic) bond motifs is 1. The Morgan fingerprint density at radius 1 is 1.16 bits per heavy atom. The number of aromatic hydroxyl groups is 2. The van der Waals surface area contributed by atoms with E-state index in [0.717, 1.165) is 16.2 Å². The van der Waals surface area contributed by atoms with Crippen molar-refractivity contribution < 1.29 is 44.4 Å². The lowest BCUT2D eigenvalue weighted by Crippen LogP contribution is -2.71. The van der Waals surface area contributed by atoms with E-state index in [1.807, 2.05) is 0 Å². The number of hydrogen-bond acceptors (Lipinski definition) is 13. The van der Waals surface area contributed by atoms with Crippen molar-refractivity contribution in [3.8, 4) is 11.5 Å². The molecule has 3 heterocycles. The average Bonchev–Trinajstić information content (AvgIpc) is 3.63. The Balaban J connectivity index is 1.29. The maximum atomic E-state index is 13.4. The lowest BCUT2D eigenvalue weighted by molar-refractivity contribution is -0.165. The Bertz CT molecular complexity index is 1530. The number of carbonyl (C=O) groups is 4. The molecule has 1 saturated carbocycles. The zero-order chi connectivity index (χ0) is 30.9. The van der Waals surface area contributed by atoms with Gasteiger partial charge in [0.1, 0.15) is 22.8 Å². The third kappa shape index (κ3) is 5.95. The third-order valence-corrected chi connectivity index (χ3v) is 9.35. The number of aromatic nitrogens is 1. The summed E-state index contributed by atoms with van der Waals surface area (Å²) in [6, 6.07) is 3.24. The summed E-state index contributed by atoms with van der Waals surface area (Å²) < 4.78 is 0. The number of thioether (sulfide) groups is 1. The van der Waals surface area contributed by atoms with Crippen LogP contribution < -0.4 is 16.4 Å². The lowest BCUT2D eigenvalue weighted by Gasteiger charge is -2.49. The number of amides is 2. The van der Waals surface area contributed by atoms with Crippen LogP contribution >= 0.6 is 23.1 Å². The molecule has 3 aliphatic rings. The molecule has 2 atom stereocenters. The number of phenolic OH excluding ortho intramolecular Hbond substituents is 2. The fourth-order valence-electron chi connectivity index (χ4n) is 5.09. The highest BCUT2D eigenvalue weighted by Gasteiger charge is 2.54. The Labute approximate surface area is 252 Å². The molecular formula is C26H28N6O9S2. The zero-order valence-corrected chi connectivity index (χ0v) is 24.1. The van der Waals surface area contributed by atoms with Crippen molar-refractivity contribution in [1.29, 1.82) is 0 Å². The predicted octanol–water partition coefficient (Wildman–Crippen LogP) is 0.783. The predicted molar refractivity (Wildman–Crippen MR) is 154 cm³/mol. The fourth-order valence-corrected chi connectivity index (χ4v) is 6.98. The Morgan fingerprint density at radius 3 is 2.53 bits per heavy atom. The summed E-state index contributed by atoms with van der Waals surface area (Å²) in [6.07, 6.45) is 1.67. The number of carboxylic acids is 2. The van der Waals surface area contributed by atoms with Gasteiger partial charge in [-0.25, -0.2) is 14.6 Å². The van der Waals surface area contributed by atoms with Gasteiger partial charge in [0.25, 0.3) is 11.8 Å². The van der Waals surface area contributed by atoms with Gasteiger partial charge in [-0.2, -0.15) is 0 Å². The quantitative estimate of drug-likeness (QED) is 0.0786. The van der Waals surface area contributed by atoms with Crippen LogP contribution in [-0.2, 0) is 30.6 Å². The van der Waals surface area contributed by atoms with E-state index in [4.69, 9.17) is 10.6 Å². The molecule has 1 aliphatic carbocycles. The molecule has 2 aliphatic heterocycles. The zero-order valence-electron chi connectivity index (χ0n) is 22.5. The van der Waals surface area contributed by atoms with Crippen LogP contribution in [0.3, 0.4) is 0 Å². The van der Waals surface area contributed by atoms with Crippen molar-refractivity contribution in [3.05, 3.63) is 46.1 Å². The van der Waals surface area contributed by atoms with Crippen LogP contribution in [0.4, 0.5) is 5.13 Å². The highest BCUT2D eigenvalue weighted by molar-refractivity contribution is 8.00. The lowest BCUT2D eigenvalue weighted by atomic mass is 10.0. The molecule has 228 valence electrons. The molecule has 1 unspecified atom stereocenters. The molecule has 17 heteroatoms. The van der Waals surface area contributed by atoms with Crippen molar-refractivity contribution in [3.63, 3.8) is 0 Å². The minimum atomic E-state index is -1.58. The van der Waals surface area contributed by atoms with Crippen LogP contribution in [0.15, 0.2) is 40.0 Å². The fraction of sp³-hybridized carbons (Fsp3) is 0.385. The number of phenols is 2. The number of aliphatic carboxylic acids is 2. The third-order valence-electron chi connectivity index (χ3n) is 7.34. The molecule has 2 aromatic rings. The van der Waals surface area contributed by atoms with E-state index in [9.17, 15) is 39.6 Å². The van der Waals surface area contributed by atoms with Crippen LogP contribution in [-0.4, -0.2) is 89.1 Å². The minimum absolute atomic E-state index is 0.0416. The molecule has 1 aromatic heterocycles. The smallest absolute Gasteiger partial charge is 0.352 e. The van der Waals surface area contributed by atoms with Crippen LogP contribution in [0.25, 0.3) is 0 Å². The molecule has 1 saturated heterocycles. The van der Waals surface area contributed by atoms with Crippen LogP contribution in [0, 0.1) is 0 Å². The van der Waals surface area contributed by atoms with Crippen LogP contribution in [0.5, 0.6) is 11.5 Å². The summed E-state index contributed by atoms with van der Waals surface area (Å²) in [6.45, 7) is 0.397. The first-order chi connectivity index (χ1) is 20.5. The van der Waals surface area contributed by atoms with Crippen LogP contribution in [0.2, 0.25) is 0 Å². The number of carbonyl (C=O) groups excluding carboxylic acids is 2. The van der Waals surface area contributed by atoms with Crippen molar-refractivity contribution in [1.82, 2.24) is 20.5 Å². The maximum absolute atomic E-state index is 13.4. The number of carboxylic acid groups (broad SMARTS) is 2. The average molecular weight is 633 g/mol. The summed E-state index contributed by atoms with van der Waals surface area (Å²) in [5.41, 5.74) is 4.76. The summed E-state index contributed by atoms with van der Waals surface area (Å²) in [5.74, 6) is -4.28. The SMILES string of the molecule is Nc1nc(/C(=N/OC2(C(=O)O)CCCC2)C(=O)NC2C(=O)N3C(C(=O)O)=C(CNCc4ccc(O)c(O)c4)CS[C@H]23)cs1. The molecule has 15 nitrogen and oxygen atoms in total. The van der Waals surface area contributed by atoms with E-state index in [2.05, 4.69) is 20.8 Å². The molecule has 8 N–H and O–H groups in total. The molecule has 2 amide bonds. The molecule has 2 fully saturated rings. The number of rotatable bonds is 11. The van der Waals surface area contributed by atoms with E-state index in [1.54, 1.807) is 6.07 Å². The Kier molecular flexibility index (Phi) is 8.48. The largest absolute Gasteiger partial charge is 0.504 e. The minimum Gasteiger partial charge on any atom is -0.504 e. The molecule has 0 bridgehead atoms. The topological polar surface area (TPSA) is 237 Å². The first-order valence-electron chi connectivity index (χ1n) is 13.1. The van der Waals surface area contributed by atoms with Gasteiger partial charge in [0.05, 0.1) is 0 Å². The number of β-lactam (4-membered cyclic amide) rings is 1. The van der Waals surface area contributed by atoms with E-state index in [-0.39, 0.29) is 65.4 Å². The van der Waals surface area contributed by atoms with E-state index in [1.165, 1.54) is 29.3 Å². The van der Waals surface area contributed by atoms with Gasteiger partial charge in [-0.05, 0) is 36.1 Å². The van der Waals surface area contributed by atoms with Gasteiger partial charge in [0.15, 0.2) is 22.3 Å². The molecule has 0 radical (unpaired) electrons. The summed E-state index contributed by atoms with van der Waals surface area (Å²) in [5, 5.41) is 49.2. The Morgan fingerprint density at radius 2 is 1.91 bits per heavy atom. The van der Waals surface area contributed by atoms with Gasteiger partial charge in [0.2, 0.25) is 5.60 Å². The molecule has 0 spiro atoms. The molecular weight excluding hydrogens is 604 g/mol. The van der Waals surface area contributed by atoms with Gasteiger partial charge < -0.3 is 41.6 Å². The first kappa shape index (κ1) is 30.1. The number of nitrogens with one attached hydrogen (secondary N) is 2. The van der Waals surface area contributed by atoms with Gasteiger partial charge in [0, 0.05) is 37.1 Å². The number of oxime groups is 1. The standard InChI is InChI=1S/C26H28N6O9S2/c27-25-29-14(11-43-25)17(31-41-26(24(39)40)5-1-2-6-26)20(35)30-18-21(36)32-19(23(37)38)13(10-42-22(18)32)9-28-8-12-3-4-15(33)16(34)7-12/h3-4,7,11,18,22,28,33-34H,1-2,5-6,8-10H2,(H2,27,29)(H,30,35)(H,37,38)(H,39,40)/b31-17-/t18?,22-/m1/s1. The van der Waals surface area contributed by atoms with Crippen molar-refractivity contribution >= 4 is 57.7 Å². The second-order valence-corrected chi connectivity index (χ2v) is 12.1. The highest BCUT2D eigenvalue weighted by Crippen LogP contribution is 2.40. The van der Waals surface area contributed by atoms with E-state index in [0.29, 0.717) is 24.0 Å². The summed E-state index contributed by atoms with van der Waals surface area (Å²) in [7, 11) is 0. The van der Waals surface area contributed by atoms with Crippen LogP contribution in [0.1, 0.15) is 36.9 Å². The van der Waals surface area contributed by atoms with Crippen molar-refractivity contribution in [2.45, 2.75) is 49.2 Å². The molecule has 43 heavy (non-hydrogen) atoms. The second-order valence-electron chi connectivity index (χ2n) is 10.2. The highest BCUT2D eigenvalue weighted by atomic mass is 32.2. The number of thiazole rings is 1. The van der Waals surface area contributed by atoms with Gasteiger partial charge in [-0.1, -0.05) is 11.2 Å². The number of nitrogens with zero attached hydrogens (tertiary/aromatic N) is 3. The first-order valence-corrected chi connectivity index (χ1v) is 15.1. The molecule has 5 rings (SSSR count). The normalized spacial score (nSPS) is 21.3. The van der Waals surface area contributed by atoms with E-state index < -0.39 is 40.8 Å². The second kappa shape index (κ2) is 12.1. The van der Waals surface area contributed by atoms with Gasteiger partial charge in [-0.3, -0.25) is 14.5 Å². The maximum Gasteiger partial charge on any atom is 0.352 e. The number of nitrogen functional groups attached to an aromatic ring is 1. The van der Waals surface area contributed by atoms with Crippen molar-refractivity contribution in [2.75, 3.05) is 18.0 Å². The van der Waals surface area contributed by atoms with Crippen molar-refractivity contribution in [2.24, 2.45) is 5.16 Å². The number of nitrogens with two attached hydrogens (primary N) is 1. The number of benzene rings is 1. The van der Waals surface area contributed by atoms with E-state index >= 15 is 0 Å². The summed E-state index contributed by atoms with van der Waals surface area (Å²) in [4.78, 5) is 61.3. The molecule has 1 aromatic carbocycles. The number of hydrogen-bond donors (Lipinski definition) is 7. The summed E-state index contributed by atoms with van der Waals surface area (Å²) >= 11 is 2.30. The van der Waals surface area contributed by atoms with Gasteiger partial charge in [-0.15, -0.1) is 23.1 Å². The Hall–Kier alpha value is -4.35. The van der Waals surface area contributed by atoms with Gasteiger partial charge >= 0.3 is 11.9 Å².